The van der Waals surface area contributed by atoms with Crippen LogP contribution in [-0.2, 0) is 17.6 Å². The first kappa shape index (κ1) is 13.3. The number of amides is 1. The molecule has 0 aliphatic rings. The van der Waals surface area contributed by atoms with Gasteiger partial charge in [0.2, 0.25) is 5.91 Å². The molecule has 0 radical (unpaired) electrons. The lowest BCUT2D eigenvalue weighted by atomic mass is 10.2. The Hall–Kier alpha value is -2.10. The number of carbonyl (C=O) groups excluding carboxylic acids is 1. The second-order valence-electron chi connectivity index (χ2n) is 4.45. The zero-order chi connectivity index (χ0) is 13.5. The Balaban J connectivity index is 1.87. The summed E-state index contributed by atoms with van der Waals surface area (Å²) in [5.74, 6) is 0.166. The van der Waals surface area contributed by atoms with Crippen LogP contribution in [0.15, 0.2) is 42.9 Å². The van der Waals surface area contributed by atoms with Gasteiger partial charge in [-0.15, -0.1) is 0 Å². The Kier molecular flexibility index (Phi) is 4.72. The lowest BCUT2D eigenvalue weighted by Gasteiger charge is -2.20. The number of carbonyl (C=O) groups is 1. The Morgan fingerprint density at radius 3 is 2.74 bits per heavy atom. The lowest BCUT2D eigenvalue weighted by Crippen LogP contribution is -2.34. The molecular weight excluding hydrogens is 238 g/mol. The van der Waals surface area contributed by atoms with Gasteiger partial charge in [0.1, 0.15) is 0 Å². The van der Waals surface area contributed by atoms with Crippen LogP contribution in [0.4, 0.5) is 0 Å². The number of likely N-dealkylation sites (N-methyl/N-ethyl adjacent to an activating group) is 1. The van der Waals surface area contributed by atoms with Crippen LogP contribution in [0.5, 0.6) is 0 Å². The Morgan fingerprint density at radius 2 is 2.11 bits per heavy atom. The third kappa shape index (κ3) is 3.95. The minimum atomic E-state index is 0.166. The largest absolute Gasteiger partial charge is 0.365 e. The topological polar surface area (TPSA) is 49.0 Å². The Morgan fingerprint density at radius 1 is 1.32 bits per heavy atom. The minimum Gasteiger partial charge on any atom is -0.365 e. The van der Waals surface area contributed by atoms with Crippen LogP contribution in [0.3, 0.4) is 0 Å². The lowest BCUT2D eigenvalue weighted by molar-refractivity contribution is -0.130. The van der Waals surface area contributed by atoms with Gasteiger partial charge >= 0.3 is 0 Å². The molecule has 2 heterocycles. The summed E-state index contributed by atoms with van der Waals surface area (Å²) in [6, 6.07) is 7.83. The number of H-pyrrole nitrogens is 1. The van der Waals surface area contributed by atoms with Gasteiger partial charge in [-0.25, -0.2) is 0 Å². The van der Waals surface area contributed by atoms with Crippen molar-refractivity contribution in [2.45, 2.75) is 19.8 Å². The second-order valence-corrected chi connectivity index (χ2v) is 4.45. The van der Waals surface area contributed by atoms with Gasteiger partial charge in [0.25, 0.3) is 0 Å². The number of aromatic nitrogens is 2. The highest BCUT2D eigenvalue weighted by Gasteiger charge is 2.12. The number of hydrogen-bond donors (Lipinski definition) is 1. The van der Waals surface area contributed by atoms with Crippen LogP contribution >= 0.6 is 0 Å². The van der Waals surface area contributed by atoms with Crippen molar-refractivity contribution in [3.8, 4) is 0 Å². The molecule has 2 aromatic rings. The number of nitrogens with one attached hydrogen (secondary N) is 1. The summed E-state index contributed by atoms with van der Waals surface area (Å²) in [6.45, 7) is 3.50. The third-order valence-corrected chi connectivity index (χ3v) is 3.16. The van der Waals surface area contributed by atoms with E-state index in [0.29, 0.717) is 6.42 Å². The molecule has 2 aromatic heterocycles. The van der Waals surface area contributed by atoms with E-state index >= 15 is 0 Å². The van der Waals surface area contributed by atoms with Gasteiger partial charge in [-0.1, -0.05) is 0 Å². The molecule has 2 rings (SSSR count). The maximum atomic E-state index is 12.2. The number of nitrogens with zero attached hydrogens (tertiary/aromatic N) is 2. The first-order valence-electron chi connectivity index (χ1n) is 6.58. The fraction of sp³-hybridized carbons (Fsp3) is 0.333. The van der Waals surface area contributed by atoms with Gasteiger partial charge in [-0.3, -0.25) is 9.78 Å². The van der Waals surface area contributed by atoms with Gasteiger partial charge in [0.05, 0.1) is 6.42 Å². The van der Waals surface area contributed by atoms with Gasteiger partial charge < -0.3 is 9.88 Å². The fourth-order valence-electron chi connectivity index (χ4n) is 2.02. The van der Waals surface area contributed by atoms with Crippen molar-refractivity contribution >= 4 is 5.91 Å². The van der Waals surface area contributed by atoms with E-state index in [2.05, 4.69) is 9.97 Å². The Bertz CT molecular complexity index is 493. The molecule has 0 fully saturated rings. The van der Waals surface area contributed by atoms with Crippen molar-refractivity contribution in [3.05, 3.63) is 54.1 Å². The second kappa shape index (κ2) is 6.73. The van der Waals surface area contributed by atoms with E-state index < -0.39 is 0 Å². The smallest absolute Gasteiger partial charge is 0.228 e. The van der Waals surface area contributed by atoms with Crippen molar-refractivity contribution in [1.29, 1.82) is 0 Å². The molecule has 0 saturated heterocycles. The molecule has 0 bridgehead atoms. The molecule has 0 unspecified atom stereocenters. The summed E-state index contributed by atoms with van der Waals surface area (Å²) in [4.78, 5) is 21.1. The van der Waals surface area contributed by atoms with Crippen LogP contribution in [0, 0.1) is 0 Å². The average Bonchev–Trinajstić information content (AvgIpc) is 2.93. The molecular formula is C15H19N3O. The molecule has 4 nitrogen and oxygen atoms in total. The van der Waals surface area contributed by atoms with Crippen molar-refractivity contribution in [3.63, 3.8) is 0 Å². The summed E-state index contributed by atoms with van der Waals surface area (Å²) < 4.78 is 0. The quantitative estimate of drug-likeness (QED) is 0.861. The predicted octanol–water partition coefficient (Wildman–Crippen LogP) is 2.04. The van der Waals surface area contributed by atoms with Crippen LogP contribution in [0.1, 0.15) is 18.2 Å². The maximum absolute atomic E-state index is 12.2. The van der Waals surface area contributed by atoms with Gasteiger partial charge in [0.15, 0.2) is 0 Å². The molecule has 0 aliphatic heterocycles. The SMILES string of the molecule is CCN(CCc1ccncc1)C(=O)Cc1ccc[nH]1. The van der Waals surface area contributed by atoms with E-state index in [0.717, 1.165) is 25.2 Å². The summed E-state index contributed by atoms with van der Waals surface area (Å²) >= 11 is 0. The molecule has 1 amide bonds. The zero-order valence-electron chi connectivity index (χ0n) is 11.2. The monoisotopic (exact) mass is 257 g/mol. The van der Waals surface area contributed by atoms with Gasteiger partial charge in [0, 0.05) is 37.4 Å². The number of hydrogen-bond acceptors (Lipinski definition) is 2. The van der Waals surface area contributed by atoms with E-state index in [9.17, 15) is 4.79 Å². The van der Waals surface area contributed by atoms with Crippen LogP contribution in [0.2, 0.25) is 0 Å². The van der Waals surface area contributed by atoms with E-state index in [1.807, 2.05) is 42.3 Å². The van der Waals surface area contributed by atoms with Crippen molar-refractivity contribution < 1.29 is 4.79 Å². The predicted molar refractivity (Wildman–Crippen MR) is 74.7 cm³/mol. The summed E-state index contributed by atoms with van der Waals surface area (Å²) in [7, 11) is 0. The maximum Gasteiger partial charge on any atom is 0.228 e. The van der Waals surface area contributed by atoms with E-state index in [4.69, 9.17) is 0 Å². The highest BCUT2D eigenvalue weighted by Crippen LogP contribution is 2.04. The highest BCUT2D eigenvalue weighted by atomic mass is 16.2. The average molecular weight is 257 g/mol. The molecule has 0 spiro atoms. The van der Waals surface area contributed by atoms with Crippen LogP contribution in [0.25, 0.3) is 0 Å². The third-order valence-electron chi connectivity index (χ3n) is 3.16. The number of pyridine rings is 1. The van der Waals surface area contributed by atoms with Gasteiger partial charge in [-0.2, -0.15) is 0 Å². The molecule has 0 aromatic carbocycles. The molecule has 19 heavy (non-hydrogen) atoms. The summed E-state index contributed by atoms with van der Waals surface area (Å²) in [6.07, 6.45) is 6.72. The van der Waals surface area contributed by atoms with E-state index in [1.54, 1.807) is 12.4 Å². The first-order chi connectivity index (χ1) is 9.29. The molecule has 0 saturated carbocycles. The fourth-order valence-corrected chi connectivity index (χ4v) is 2.02. The standard InChI is InChI=1S/C15H19N3O/c1-2-18(11-7-13-5-9-16-10-6-13)15(19)12-14-4-3-8-17-14/h3-6,8-10,17H,2,7,11-12H2,1H3. The van der Waals surface area contributed by atoms with Gasteiger partial charge in [-0.05, 0) is 43.2 Å². The molecule has 1 N–H and O–H groups in total. The summed E-state index contributed by atoms with van der Waals surface area (Å²) in [5.41, 5.74) is 2.17. The molecule has 4 heteroatoms. The van der Waals surface area contributed by atoms with Crippen molar-refractivity contribution in [2.75, 3.05) is 13.1 Å². The summed E-state index contributed by atoms with van der Waals surface area (Å²) in [5, 5.41) is 0. The molecule has 100 valence electrons. The van der Waals surface area contributed by atoms with Crippen LogP contribution in [-0.4, -0.2) is 33.9 Å². The molecule has 0 aliphatic carbocycles. The number of rotatable bonds is 6. The first-order valence-corrected chi connectivity index (χ1v) is 6.58. The van der Waals surface area contributed by atoms with Crippen molar-refractivity contribution in [1.82, 2.24) is 14.9 Å². The Labute approximate surface area is 113 Å². The minimum absolute atomic E-state index is 0.166. The van der Waals surface area contributed by atoms with E-state index in [1.165, 1.54) is 5.56 Å². The number of aromatic amines is 1. The van der Waals surface area contributed by atoms with E-state index in [-0.39, 0.29) is 5.91 Å². The van der Waals surface area contributed by atoms with Crippen LogP contribution < -0.4 is 0 Å². The molecule has 0 atom stereocenters. The highest BCUT2D eigenvalue weighted by molar-refractivity contribution is 5.78. The zero-order valence-corrected chi connectivity index (χ0v) is 11.2. The normalized spacial score (nSPS) is 10.4. The van der Waals surface area contributed by atoms with Crippen molar-refractivity contribution in [2.24, 2.45) is 0 Å².